The fraction of sp³-hybridized carbons (Fsp3) is 0.394. The topological polar surface area (TPSA) is 51.7 Å². The summed E-state index contributed by atoms with van der Waals surface area (Å²) in [6, 6.07) is 20.9. The van der Waals surface area contributed by atoms with Crippen LogP contribution in [-0.2, 0) is 11.3 Å². The summed E-state index contributed by atoms with van der Waals surface area (Å²) in [7, 11) is 2.21. The molecule has 1 amide bonds. The molecule has 7 heteroatoms. The number of benzene rings is 2. The molecule has 0 radical (unpaired) electrons. The monoisotopic (exact) mass is 557 g/mol. The molecule has 0 aliphatic carbocycles. The Hall–Kier alpha value is -3.19. The van der Waals surface area contributed by atoms with Crippen LogP contribution in [0.5, 0.6) is 0 Å². The van der Waals surface area contributed by atoms with Gasteiger partial charge >= 0.3 is 0 Å². The lowest BCUT2D eigenvalue weighted by Gasteiger charge is -2.43. The number of hydrogen-bond donors (Lipinski definition) is 1. The molecular weight excluding hydrogens is 518 g/mol. The van der Waals surface area contributed by atoms with E-state index in [1.54, 1.807) is 6.08 Å². The Kier molecular flexibility index (Phi) is 9.53. The van der Waals surface area contributed by atoms with Gasteiger partial charge in [0.1, 0.15) is 0 Å². The van der Waals surface area contributed by atoms with E-state index in [-0.39, 0.29) is 11.9 Å². The van der Waals surface area contributed by atoms with E-state index >= 15 is 0 Å². The van der Waals surface area contributed by atoms with Crippen molar-refractivity contribution < 1.29 is 4.79 Å². The molecule has 2 fully saturated rings. The lowest BCUT2D eigenvalue weighted by Crippen LogP contribution is -2.51. The molecule has 0 bridgehead atoms. The van der Waals surface area contributed by atoms with Crippen LogP contribution < -0.4 is 5.32 Å². The van der Waals surface area contributed by atoms with E-state index in [2.05, 4.69) is 56.3 Å². The predicted molar refractivity (Wildman–Crippen MR) is 165 cm³/mol. The lowest BCUT2D eigenvalue weighted by atomic mass is 9.96. The molecule has 2 aromatic carbocycles. The van der Waals surface area contributed by atoms with E-state index in [1.807, 2.05) is 55.6 Å². The molecule has 0 saturated carbocycles. The Balaban J connectivity index is 1.27. The van der Waals surface area contributed by atoms with Crippen molar-refractivity contribution in [3.8, 4) is 0 Å². The number of carbonyl (C=O) groups is 1. The van der Waals surface area contributed by atoms with Gasteiger partial charge in [-0.25, -0.2) is 0 Å². The van der Waals surface area contributed by atoms with Crippen molar-refractivity contribution in [2.75, 3.05) is 38.5 Å². The molecule has 210 valence electrons. The highest BCUT2D eigenvalue weighted by Gasteiger charge is 2.31. The first-order valence-corrected chi connectivity index (χ1v) is 14.8. The number of hydrogen-bond acceptors (Lipinski definition) is 5. The molecule has 0 atom stereocenters. The molecule has 40 heavy (non-hydrogen) atoms. The van der Waals surface area contributed by atoms with Gasteiger partial charge in [0.15, 0.2) is 0 Å². The highest BCUT2D eigenvalue weighted by Crippen LogP contribution is 2.26. The number of aryl methyl sites for hydroxylation is 1. The van der Waals surface area contributed by atoms with Crippen LogP contribution in [0.3, 0.4) is 0 Å². The van der Waals surface area contributed by atoms with Gasteiger partial charge in [0.2, 0.25) is 5.91 Å². The Morgan fingerprint density at radius 1 is 0.975 bits per heavy atom. The second kappa shape index (κ2) is 13.4. The van der Waals surface area contributed by atoms with Gasteiger partial charge < -0.3 is 20.0 Å². The quantitative estimate of drug-likeness (QED) is 0.325. The Labute approximate surface area is 243 Å². The highest BCUT2D eigenvalue weighted by molar-refractivity contribution is 6.30. The van der Waals surface area contributed by atoms with E-state index in [4.69, 9.17) is 11.6 Å². The van der Waals surface area contributed by atoms with E-state index < -0.39 is 0 Å². The van der Waals surface area contributed by atoms with E-state index in [9.17, 15) is 4.79 Å². The van der Waals surface area contributed by atoms with Crippen LogP contribution >= 0.6 is 11.6 Å². The number of aromatic nitrogens is 1. The summed E-state index contributed by atoms with van der Waals surface area (Å²) in [6.07, 6.45) is 9.92. The minimum absolute atomic E-state index is 0.0575. The van der Waals surface area contributed by atoms with Crippen LogP contribution in [0.15, 0.2) is 72.9 Å². The van der Waals surface area contributed by atoms with Crippen LogP contribution in [0.1, 0.15) is 42.5 Å². The van der Waals surface area contributed by atoms with Crippen molar-refractivity contribution in [2.45, 2.75) is 51.2 Å². The fourth-order valence-electron chi connectivity index (χ4n) is 5.83. The van der Waals surface area contributed by atoms with E-state index in [0.717, 1.165) is 54.1 Å². The van der Waals surface area contributed by atoms with Crippen LogP contribution in [0.25, 0.3) is 6.08 Å². The van der Waals surface area contributed by atoms with Crippen LogP contribution in [0, 0.1) is 6.92 Å². The van der Waals surface area contributed by atoms with Gasteiger partial charge in [-0.1, -0.05) is 35.9 Å². The molecule has 3 heterocycles. The van der Waals surface area contributed by atoms with Gasteiger partial charge in [-0.3, -0.25) is 9.78 Å². The zero-order valence-corrected chi connectivity index (χ0v) is 24.4. The minimum atomic E-state index is 0.0575. The normalized spacial score (nSPS) is 17.8. The van der Waals surface area contributed by atoms with Gasteiger partial charge in [-0.2, -0.15) is 0 Å². The zero-order chi connectivity index (χ0) is 27.9. The molecule has 0 unspecified atom stereocenters. The Morgan fingerprint density at radius 3 is 2.35 bits per heavy atom. The fourth-order valence-corrected chi connectivity index (χ4v) is 5.95. The smallest absolute Gasteiger partial charge is 0.247 e. The van der Waals surface area contributed by atoms with Crippen LogP contribution in [0.4, 0.5) is 11.4 Å². The summed E-state index contributed by atoms with van der Waals surface area (Å²) in [4.78, 5) is 25.1. The van der Waals surface area contributed by atoms with E-state index in [1.165, 1.54) is 25.9 Å². The SMILES string of the molecule is Cc1cc(Nc2ccc(CN(C(=O)/C=C/c3ccc(Cl)cc3)C3CCN(C4CCN(C)CC4)CC3)cc2)ccn1. The van der Waals surface area contributed by atoms with Crippen molar-refractivity contribution in [1.29, 1.82) is 0 Å². The standard InChI is InChI=1S/C33H40ClN5O/c1-25-23-30(13-18-35-25)36-29-10-5-27(6-11-29)24-39(33(40)12-7-26-3-8-28(34)9-4-26)32-16-21-38(22-17-32)31-14-19-37(2)20-15-31/h3-13,18,23,31-32H,14-17,19-22,24H2,1-2H3,(H,35,36)/b12-7+. The third kappa shape index (κ3) is 7.72. The molecule has 2 aliphatic rings. The number of piperidine rings is 2. The number of likely N-dealkylation sites (tertiary alicyclic amines) is 2. The van der Waals surface area contributed by atoms with Crippen LogP contribution in [0.2, 0.25) is 5.02 Å². The van der Waals surface area contributed by atoms with Gasteiger partial charge in [0, 0.05) is 66.1 Å². The third-order valence-electron chi connectivity index (χ3n) is 8.21. The summed E-state index contributed by atoms with van der Waals surface area (Å²) in [5.41, 5.74) is 5.10. The lowest BCUT2D eigenvalue weighted by molar-refractivity contribution is -0.130. The molecule has 5 rings (SSSR count). The molecule has 2 aliphatic heterocycles. The maximum atomic E-state index is 13.6. The van der Waals surface area contributed by atoms with Crippen molar-refractivity contribution in [3.63, 3.8) is 0 Å². The Bertz CT molecular complexity index is 1280. The number of anilines is 2. The van der Waals surface area contributed by atoms with Crippen molar-refractivity contribution in [2.24, 2.45) is 0 Å². The first-order valence-electron chi connectivity index (χ1n) is 14.4. The number of rotatable bonds is 8. The maximum Gasteiger partial charge on any atom is 0.247 e. The number of pyridine rings is 1. The average molecular weight is 558 g/mol. The summed E-state index contributed by atoms with van der Waals surface area (Å²) in [5.74, 6) is 0.0575. The van der Waals surface area contributed by atoms with Crippen molar-refractivity contribution in [3.05, 3.63) is 94.8 Å². The van der Waals surface area contributed by atoms with Gasteiger partial charge in [-0.15, -0.1) is 0 Å². The number of amides is 1. The molecule has 1 N–H and O–H groups in total. The zero-order valence-electron chi connectivity index (χ0n) is 23.6. The maximum absolute atomic E-state index is 13.6. The summed E-state index contributed by atoms with van der Waals surface area (Å²) in [5, 5.41) is 4.14. The van der Waals surface area contributed by atoms with Gasteiger partial charge in [-0.05, 0) is 106 Å². The summed E-state index contributed by atoms with van der Waals surface area (Å²) in [6.45, 7) is 7.04. The van der Waals surface area contributed by atoms with Crippen molar-refractivity contribution in [1.82, 2.24) is 19.7 Å². The second-order valence-corrected chi connectivity index (χ2v) is 11.6. The van der Waals surface area contributed by atoms with E-state index in [0.29, 0.717) is 17.6 Å². The molecule has 2 saturated heterocycles. The number of nitrogens with zero attached hydrogens (tertiary/aromatic N) is 4. The first-order chi connectivity index (χ1) is 19.4. The third-order valence-corrected chi connectivity index (χ3v) is 8.46. The van der Waals surface area contributed by atoms with Crippen molar-refractivity contribution >= 4 is 35.0 Å². The summed E-state index contributed by atoms with van der Waals surface area (Å²) < 4.78 is 0. The second-order valence-electron chi connectivity index (χ2n) is 11.2. The largest absolute Gasteiger partial charge is 0.355 e. The number of nitrogens with one attached hydrogen (secondary N) is 1. The minimum Gasteiger partial charge on any atom is -0.355 e. The molecule has 1 aromatic heterocycles. The van der Waals surface area contributed by atoms with Gasteiger partial charge in [0.25, 0.3) is 0 Å². The Morgan fingerprint density at radius 2 is 1.68 bits per heavy atom. The molecule has 6 nitrogen and oxygen atoms in total. The molecular formula is C33H40ClN5O. The molecule has 3 aromatic rings. The van der Waals surface area contributed by atoms with Gasteiger partial charge in [0.05, 0.1) is 0 Å². The molecule has 0 spiro atoms. The average Bonchev–Trinajstić information content (AvgIpc) is 2.97. The summed E-state index contributed by atoms with van der Waals surface area (Å²) >= 11 is 6.04. The van der Waals surface area contributed by atoms with Crippen LogP contribution in [-0.4, -0.2) is 70.9 Å². The number of carbonyl (C=O) groups excluding carboxylic acids is 1. The number of halogens is 1. The first kappa shape index (κ1) is 28.3. The highest BCUT2D eigenvalue weighted by atomic mass is 35.5. The predicted octanol–water partition coefficient (Wildman–Crippen LogP) is 6.39.